The van der Waals surface area contributed by atoms with Crippen molar-refractivity contribution >= 4 is 33.2 Å². The maximum Gasteiger partial charge on any atom is 0.271 e. The number of rotatable bonds is 11. The molecule has 0 heterocycles. The minimum absolute atomic E-state index is 0.0231. The summed E-state index contributed by atoms with van der Waals surface area (Å²) in [6.07, 6.45) is 0.828. The fourth-order valence-corrected chi connectivity index (χ4v) is 4.22. The number of nitro benzene ring substituents is 1. The third kappa shape index (κ3) is 7.13. The summed E-state index contributed by atoms with van der Waals surface area (Å²) in [6.45, 7) is 3.77. The van der Waals surface area contributed by atoms with Gasteiger partial charge in [-0.3, -0.25) is 24.0 Å². The number of nitrogens with zero attached hydrogens (tertiary/aromatic N) is 3. The van der Waals surface area contributed by atoms with Gasteiger partial charge >= 0.3 is 0 Å². The zero-order chi connectivity index (χ0) is 27.2. The molecule has 0 bridgehead atoms. The SMILES string of the molecule is COc1ccc([N+](=O)[O-])cc1N(CC(=O)N(Cc1ccccc1F)[C@@H](C)C(=O)NC(C)C)S(C)(=O)=O. The van der Waals surface area contributed by atoms with Crippen LogP contribution in [0.5, 0.6) is 5.75 Å². The van der Waals surface area contributed by atoms with Crippen LogP contribution in [0.25, 0.3) is 0 Å². The highest BCUT2D eigenvalue weighted by molar-refractivity contribution is 7.92. The number of ether oxygens (including phenoxy) is 1. The summed E-state index contributed by atoms with van der Waals surface area (Å²) in [6, 6.07) is 7.67. The molecule has 36 heavy (non-hydrogen) atoms. The van der Waals surface area contributed by atoms with Crippen molar-refractivity contribution in [1.29, 1.82) is 0 Å². The van der Waals surface area contributed by atoms with Crippen molar-refractivity contribution in [3.63, 3.8) is 0 Å². The lowest BCUT2D eigenvalue weighted by Crippen LogP contribution is -2.52. The van der Waals surface area contributed by atoms with Crippen LogP contribution in [0, 0.1) is 15.9 Å². The number of carbonyl (C=O) groups excluding carboxylic acids is 2. The Morgan fingerprint density at radius 2 is 1.81 bits per heavy atom. The number of carbonyl (C=O) groups is 2. The number of hydrogen-bond donors (Lipinski definition) is 1. The van der Waals surface area contributed by atoms with Crippen molar-refractivity contribution in [2.75, 3.05) is 24.2 Å². The average molecular weight is 525 g/mol. The van der Waals surface area contributed by atoms with Gasteiger partial charge in [-0.25, -0.2) is 12.8 Å². The Morgan fingerprint density at radius 3 is 2.33 bits per heavy atom. The van der Waals surface area contributed by atoms with Crippen LogP contribution in [0.2, 0.25) is 0 Å². The molecule has 0 fully saturated rings. The molecule has 2 rings (SSSR count). The second-order valence-corrected chi connectivity index (χ2v) is 10.2. The van der Waals surface area contributed by atoms with E-state index in [0.29, 0.717) is 4.31 Å². The first-order valence-corrected chi connectivity index (χ1v) is 12.7. The number of halogens is 1. The third-order valence-electron chi connectivity index (χ3n) is 5.22. The van der Waals surface area contributed by atoms with Gasteiger partial charge in [-0.1, -0.05) is 18.2 Å². The molecule has 0 aliphatic carbocycles. The molecule has 2 aromatic carbocycles. The van der Waals surface area contributed by atoms with Crippen LogP contribution < -0.4 is 14.4 Å². The number of nitro groups is 1. The van der Waals surface area contributed by atoms with Crippen molar-refractivity contribution in [3.05, 3.63) is 64.0 Å². The molecule has 0 aromatic heterocycles. The molecule has 0 spiro atoms. The molecule has 1 N–H and O–H groups in total. The summed E-state index contributed by atoms with van der Waals surface area (Å²) in [5, 5.41) is 14.0. The summed E-state index contributed by atoms with van der Waals surface area (Å²) >= 11 is 0. The summed E-state index contributed by atoms with van der Waals surface area (Å²) in [5.74, 6) is -1.98. The molecule has 11 nitrogen and oxygen atoms in total. The van der Waals surface area contributed by atoms with Gasteiger partial charge in [-0.05, 0) is 32.9 Å². The first kappa shape index (κ1) is 28.5. The highest BCUT2D eigenvalue weighted by Gasteiger charge is 2.32. The van der Waals surface area contributed by atoms with Gasteiger partial charge in [-0.2, -0.15) is 0 Å². The smallest absolute Gasteiger partial charge is 0.271 e. The van der Waals surface area contributed by atoms with E-state index < -0.39 is 50.9 Å². The maximum absolute atomic E-state index is 14.4. The van der Waals surface area contributed by atoms with E-state index in [-0.39, 0.29) is 29.6 Å². The number of benzene rings is 2. The normalized spacial score (nSPS) is 12.1. The van der Waals surface area contributed by atoms with Gasteiger partial charge in [0.15, 0.2) is 0 Å². The van der Waals surface area contributed by atoms with Crippen LogP contribution in [0.15, 0.2) is 42.5 Å². The Hall–Kier alpha value is -3.74. The van der Waals surface area contributed by atoms with E-state index >= 15 is 0 Å². The monoisotopic (exact) mass is 524 g/mol. The molecule has 0 aliphatic rings. The Kier molecular flexibility index (Phi) is 9.34. The van der Waals surface area contributed by atoms with E-state index in [1.807, 2.05) is 0 Å². The Morgan fingerprint density at radius 1 is 1.17 bits per heavy atom. The molecule has 0 aliphatic heterocycles. The second-order valence-electron chi connectivity index (χ2n) is 8.34. The third-order valence-corrected chi connectivity index (χ3v) is 6.34. The van der Waals surface area contributed by atoms with E-state index in [4.69, 9.17) is 4.74 Å². The number of anilines is 1. The molecule has 2 aromatic rings. The van der Waals surface area contributed by atoms with Crippen molar-refractivity contribution < 1.29 is 32.1 Å². The standard InChI is InChI=1S/C23H29FN4O7S/c1-15(2)25-23(30)16(3)26(13-17-8-6-7-9-19(17)24)22(29)14-27(36(5,33)34)20-12-18(28(31)32)10-11-21(20)35-4/h6-12,15-16H,13-14H2,1-5H3,(H,25,30)/t16-/m0/s1. The van der Waals surface area contributed by atoms with Gasteiger partial charge in [0.25, 0.3) is 5.69 Å². The van der Waals surface area contributed by atoms with Crippen LogP contribution in [0.4, 0.5) is 15.8 Å². The minimum atomic E-state index is -4.16. The quantitative estimate of drug-likeness (QED) is 0.352. The lowest BCUT2D eigenvalue weighted by atomic mass is 10.1. The lowest BCUT2D eigenvalue weighted by molar-refractivity contribution is -0.384. The first-order chi connectivity index (χ1) is 16.8. The predicted molar refractivity (Wildman–Crippen MR) is 132 cm³/mol. The van der Waals surface area contributed by atoms with Gasteiger partial charge in [0.2, 0.25) is 21.8 Å². The van der Waals surface area contributed by atoms with E-state index in [9.17, 15) is 32.5 Å². The summed E-state index contributed by atoms with van der Waals surface area (Å²) in [7, 11) is -2.91. The molecule has 0 unspecified atom stereocenters. The fraction of sp³-hybridized carbons (Fsp3) is 0.391. The molecule has 0 radical (unpaired) electrons. The zero-order valence-electron chi connectivity index (χ0n) is 20.6. The molecule has 0 saturated carbocycles. The predicted octanol–water partition coefficient (Wildman–Crippen LogP) is 2.45. The van der Waals surface area contributed by atoms with Crippen LogP contribution in [0.3, 0.4) is 0 Å². The van der Waals surface area contributed by atoms with Crippen molar-refractivity contribution in [1.82, 2.24) is 10.2 Å². The maximum atomic E-state index is 14.4. The van der Waals surface area contributed by atoms with Gasteiger partial charge in [0, 0.05) is 30.3 Å². The topological polar surface area (TPSA) is 139 Å². The molecular weight excluding hydrogens is 495 g/mol. The first-order valence-electron chi connectivity index (χ1n) is 10.9. The molecule has 1 atom stereocenters. The lowest BCUT2D eigenvalue weighted by Gasteiger charge is -2.32. The summed E-state index contributed by atoms with van der Waals surface area (Å²) in [5.41, 5.74) is -0.527. The van der Waals surface area contributed by atoms with E-state index in [0.717, 1.165) is 23.3 Å². The minimum Gasteiger partial charge on any atom is -0.495 e. The van der Waals surface area contributed by atoms with Crippen molar-refractivity contribution in [3.8, 4) is 5.75 Å². The Balaban J connectivity index is 2.53. The van der Waals surface area contributed by atoms with E-state index in [1.165, 1.54) is 38.3 Å². The molecule has 2 amide bonds. The van der Waals surface area contributed by atoms with Crippen LogP contribution in [-0.2, 0) is 26.2 Å². The van der Waals surface area contributed by atoms with Crippen molar-refractivity contribution in [2.45, 2.75) is 39.4 Å². The van der Waals surface area contributed by atoms with Gasteiger partial charge in [-0.15, -0.1) is 0 Å². The average Bonchev–Trinajstić information content (AvgIpc) is 2.79. The van der Waals surface area contributed by atoms with Crippen LogP contribution >= 0.6 is 0 Å². The number of amides is 2. The highest BCUT2D eigenvalue weighted by Crippen LogP contribution is 2.34. The number of hydrogen-bond acceptors (Lipinski definition) is 7. The summed E-state index contributed by atoms with van der Waals surface area (Å²) < 4.78 is 45.6. The Labute approximate surface area is 209 Å². The molecular formula is C23H29FN4O7S. The van der Waals surface area contributed by atoms with Gasteiger partial charge in [0.1, 0.15) is 29.8 Å². The van der Waals surface area contributed by atoms with Gasteiger partial charge < -0.3 is 15.0 Å². The van der Waals surface area contributed by atoms with Crippen LogP contribution in [0.1, 0.15) is 26.3 Å². The number of methoxy groups -OCH3 is 1. The van der Waals surface area contributed by atoms with Crippen molar-refractivity contribution in [2.24, 2.45) is 0 Å². The van der Waals surface area contributed by atoms with Gasteiger partial charge in [0.05, 0.1) is 18.3 Å². The molecule has 0 saturated heterocycles. The fourth-order valence-electron chi connectivity index (χ4n) is 3.38. The zero-order valence-corrected chi connectivity index (χ0v) is 21.4. The number of non-ortho nitro benzene ring substituents is 1. The number of sulfonamides is 1. The summed E-state index contributed by atoms with van der Waals surface area (Å²) in [4.78, 5) is 37.8. The highest BCUT2D eigenvalue weighted by atomic mass is 32.2. The number of nitrogens with one attached hydrogen (secondary N) is 1. The van der Waals surface area contributed by atoms with E-state index in [1.54, 1.807) is 19.9 Å². The molecule has 13 heteroatoms. The van der Waals surface area contributed by atoms with E-state index in [2.05, 4.69) is 5.32 Å². The second kappa shape index (κ2) is 11.8. The largest absolute Gasteiger partial charge is 0.495 e. The Bertz CT molecular complexity index is 1240. The molecule has 196 valence electrons. The van der Waals surface area contributed by atoms with Crippen LogP contribution in [-0.4, -0.2) is 62.0 Å².